The second kappa shape index (κ2) is 8.26. The molecule has 1 aromatic rings. The molecular formula is C22H32N6O2. The first-order valence-corrected chi connectivity index (χ1v) is 10.8. The van der Waals surface area contributed by atoms with Crippen molar-refractivity contribution in [2.45, 2.75) is 45.9 Å². The molecule has 3 heterocycles. The van der Waals surface area contributed by atoms with Crippen LogP contribution in [0.25, 0.3) is 0 Å². The Morgan fingerprint density at radius 2 is 1.87 bits per heavy atom. The van der Waals surface area contributed by atoms with Crippen LogP contribution < -0.4 is 5.32 Å². The van der Waals surface area contributed by atoms with Crippen LogP contribution in [0.1, 0.15) is 30.0 Å². The first-order chi connectivity index (χ1) is 14.4. The van der Waals surface area contributed by atoms with Gasteiger partial charge in [-0.15, -0.1) is 0 Å². The summed E-state index contributed by atoms with van der Waals surface area (Å²) in [7, 11) is 1.71. The number of benzene rings is 1. The molecule has 4 rings (SSSR count). The monoisotopic (exact) mass is 412 g/mol. The lowest BCUT2D eigenvalue weighted by Crippen LogP contribution is -2.64. The number of guanidine groups is 1. The molecule has 3 aliphatic heterocycles. The summed E-state index contributed by atoms with van der Waals surface area (Å²) in [6.07, 6.45) is 0.473. The molecular weight excluding hydrogens is 380 g/mol. The Kier molecular flexibility index (Phi) is 5.69. The number of likely N-dealkylation sites (N-methyl/N-ethyl adjacent to an activating group) is 1. The second-order valence-corrected chi connectivity index (χ2v) is 8.58. The standard InChI is InChI=1S/C22H32N6O2/c1-5-8-28-18-19(25(4)22(30)24-20(18)29)23-21(28)27-11-9-26(10-12-27)14-17-13-15(2)6-7-16(17)3/h6-7,13,18-19H,5,8-12,14H2,1-4H3,(H,24,29,30). The summed E-state index contributed by atoms with van der Waals surface area (Å²) >= 11 is 0. The number of fused-ring (bicyclic) bond motifs is 1. The third-order valence-electron chi connectivity index (χ3n) is 6.36. The fourth-order valence-corrected chi connectivity index (χ4v) is 4.57. The van der Waals surface area contributed by atoms with Gasteiger partial charge < -0.3 is 14.7 Å². The van der Waals surface area contributed by atoms with Crippen LogP contribution in [0, 0.1) is 13.8 Å². The van der Waals surface area contributed by atoms with Gasteiger partial charge in [0.1, 0.15) is 0 Å². The third kappa shape index (κ3) is 3.76. The van der Waals surface area contributed by atoms with E-state index in [1.54, 1.807) is 11.9 Å². The minimum Gasteiger partial charge on any atom is -0.340 e. The molecule has 0 aromatic heterocycles. The van der Waals surface area contributed by atoms with Gasteiger partial charge >= 0.3 is 6.03 Å². The van der Waals surface area contributed by atoms with Crippen molar-refractivity contribution in [3.63, 3.8) is 0 Å². The van der Waals surface area contributed by atoms with Crippen molar-refractivity contribution in [2.24, 2.45) is 4.99 Å². The zero-order valence-electron chi connectivity index (χ0n) is 18.4. The number of rotatable bonds is 4. The maximum atomic E-state index is 12.6. The molecule has 162 valence electrons. The summed E-state index contributed by atoms with van der Waals surface area (Å²) in [5.41, 5.74) is 4.02. The minimum atomic E-state index is -0.444. The molecule has 2 unspecified atom stereocenters. The number of nitrogens with one attached hydrogen (secondary N) is 1. The molecule has 0 radical (unpaired) electrons. The number of hydrogen-bond donors (Lipinski definition) is 1. The van der Waals surface area contributed by atoms with Gasteiger partial charge in [0.05, 0.1) is 0 Å². The molecule has 2 saturated heterocycles. The molecule has 30 heavy (non-hydrogen) atoms. The topological polar surface area (TPSA) is 71.5 Å². The molecule has 0 bridgehead atoms. The highest BCUT2D eigenvalue weighted by Crippen LogP contribution is 2.26. The van der Waals surface area contributed by atoms with Crippen molar-refractivity contribution in [3.05, 3.63) is 34.9 Å². The van der Waals surface area contributed by atoms with Gasteiger partial charge in [-0.2, -0.15) is 0 Å². The SMILES string of the molecule is CCCN1C(N2CCN(Cc3cc(C)ccc3C)CC2)=NC2C1C(=O)NC(=O)N2C. The fourth-order valence-electron chi connectivity index (χ4n) is 4.57. The maximum absolute atomic E-state index is 12.6. The van der Waals surface area contributed by atoms with Crippen molar-refractivity contribution >= 4 is 17.9 Å². The van der Waals surface area contributed by atoms with Crippen LogP contribution in [-0.2, 0) is 11.3 Å². The number of nitrogens with zero attached hydrogens (tertiary/aromatic N) is 5. The van der Waals surface area contributed by atoms with E-state index in [9.17, 15) is 9.59 Å². The summed E-state index contributed by atoms with van der Waals surface area (Å²) in [6, 6.07) is 5.83. The molecule has 1 N–H and O–H groups in total. The Bertz CT molecular complexity index is 861. The number of piperazine rings is 1. The molecule has 2 atom stereocenters. The van der Waals surface area contributed by atoms with E-state index in [-0.39, 0.29) is 11.9 Å². The molecule has 0 aliphatic carbocycles. The van der Waals surface area contributed by atoms with Crippen molar-refractivity contribution < 1.29 is 9.59 Å². The van der Waals surface area contributed by atoms with Crippen molar-refractivity contribution in [1.82, 2.24) is 24.9 Å². The summed E-state index contributed by atoms with van der Waals surface area (Å²) in [5.74, 6) is 0.610. The van der Waals surface area contributed by atoms with Gasteiger partial charge in [0.2, 0.25) is 0 Å². The average molecular weight is 413 g/mol. The number of urea groups is 1. The van der Waals surface area contributed by atoms with Crippen LogP contribution in [-0.4, -0.2) is 89.5 Å². The first-order valence-electron chi connectivity index (χ1n) is 10.8. The van der Waals surface area contributed by atoms with Gasteiger partial charge in [0, 0.05) is 46.3 Å². The number of amides is 3. The molecule has 1 aromatic carbocycles. The first kappa shape index (κ1) is 20.7. The van der Waals surface area contributed by atoms with E-state index in [1.165, 1.54) is 16.7 Å². The summed E-state index contributed by atoms with van der Waals surface area (Å²) in [4.78, 5) is 37.8. The normalized spacial score (nSPS) is 24.8. The Hall–Kier alpha value is -2.61. The Balaban J connectivity index is 1.46. The van der Waals surface area contributed by atoms with E-state index in [0.717, 1.165) is 51.6 Å². The van der Waals surface area contributed by atoms with E-state index >= 15 is 0 Å². The highest BCUT2D eigenvalue weighted by Gasteiger charge is 2.49. The van der Waals surface area contributed by atoms with Gasteiger partial charge in [0.15, 0.2) is 18.2 Å². The predicted octanol–water partition coefficient (Wildman–Crippen LogP) is 1.38. The highest BCUT2D eigenvalue weighted by atomic mass is 16.2. The molecule has 3 aliphatic rings. The summed E-state index contributed by atoms with van der Waals surface area (Å²) in [5, 5.41) is 2.46. The molecule has 0 saturated carbocycles. The molecule has 2 fully saturated rings. The fraction of sp³-hybridized carbons (Fsp3) is 0.591. The van der Waals surface area contributed by atoms with Crippen LogP contribution in [0.4, 0.5) is 4.79 Å². The lowest BCUT2D eigenvalue weighted by atomic mass is 10.0. The van der Waals surface area contributed by atoms with Crippen LogP contribution in [0.2, 0.25) is 0 Å². The Morgan fingerprint density at radius 3 is 2.57 bits per heavy atom. The van der Waals surface area contributed by atoms with Crippen molar-refractivity contribution in [1.29, 1.82) is 0 Å². The van der Waals surface area contributed by atoms with Crippen LogP contribution in [0.3, 0.4) is 0 Å². The summed E-state index contributed by atoms with van der Waals surface area (Å²) in [6.45, 7) is 11.7. The van der Waals surface area contributed by atoms with E-state index < -0.39 is 12.2 Å². The van der Waals surface area contributed by atoms with E-state index in [4.69, 9.17) is 4.99 Å². The van der Waals surface area contributed by atoms with Crippen molar-refractivity contribution in [2.75, 3.05) is 39.8 Å². The maximum Gasteiger partial charge on any atom is 0.325 e. The second-order valence-electron chi connectivity index (χ2n) is 8.58. The van der Waals surface area contributed by atoms with Gasteiger partial charge in [-0.25, -0.2) is 9.79 Å². The van der Waals surface area contributed by atoms with Crippen LogP contribution >= 0.6 is 0 Å². The molecule has 8 heteroatoms. The van der Waals surface area contributed by atoms with Gasteiger partial charge in [0.25, 0.3) is 5.91 Å². The van der Waals surface area contributed by atoms with Gasteiger partial charge in [-0.1, -0.05) is 30.7 Å². The van der Waals surface area contributed by atoms with E-state index in [1.807, 2.05) is 0 Å². The Labute approximate surface area is 178 Å². The lowest BCUT2D eigenvalue weighted by molar-refractivity contribution is -0.127. The molecule has 0 spiro atoms. The zero-order valence-corrected chi connectivity index (χ0v) is 18.4. The molecule has 8 nitrogen and oxygen atoms in total. The van der Waals surface area contributed by atoms with Crippen molar-refractivity contribution in [3.8, 4) is 0 Å². The Morgan fingerprint density at radius 1 is 1.13 bits per heavy atom. The molecule has 3 amide bonds. The summed E-state index contributed by atoms with van der Waals surface area (Å²) < 4.78 is 0. The number of hydrogen-bond acceptors (Lipinski definition) is 6. The minimum absolute atomic E-state index is 0.246. The van der Waals surface area contributed by atoms with E-state index in [2.05, 4.69) is 59.0 Å². The van der Waals surface area contributed by atoms with E-state index in [0.29, 0.717) is 0 Å². The number of imide groups is 1. The third-order valence-corrected chi connectivity index (χ3v) is 6.36. The number of aryl methyl sites for hydroxylation is 2. The predicted molar refractivity (Wildman–Crippen MR) is 116 cm³/mol. The number of carbonyl (C=O) groups excluding carboxylic acids is 2. The average Bonchev–Trinajstić information content (AvgIpc) is 3.10. The lowest BCUT2D eigenvalue weighted by Gasteiger charge is -2.40. The number of carbonyl (C=O) groups is 2. The smallest absolute Gasteiger partial charge is 0.325 e. The zero-order chi connectivity index (χ0) is 21.4. The highest BCUT2D eigenvalue weighted by molar-refractivity contribution is 6.03. The van der Waals surface area contributed by atoms with Crippen LogP contribution in [0.5, 0.6) is 0 Å². The van der Waals surface area contributed by atoms with Crippen LogP contribution in [0.15, 0.2) is 23.2 Å². The quantitative estimate of drug-likeness (QED) is 0.809. The van der Waals surface area contributed by atoms with Gasteiger partial charge in [-0.3, -0.25) is 15.0 Å². The number of aliphatic imine (C=N–C) groups is 1. The largest absolute Gasteiger partial charge is 0.340 e. The van der Waals surface area contributed by atoms with Gasteiger partial charge in [-0.05, 0) is 31.4 Å².